The topological polar surface area (TPSA) is 79.6 Å². The predicted molar refractivity (Wildman–Crippen MR) is 92.9 cm³/mol. The van der Waals surface area contributed by atoms with Crippen molar-refractivity contribution in [2.45, 2.75) is 13.0 Å². The van der Waals surface area contributed by atoms with Crippen LogP contribution in [0.5, 0.6) is 0 Å². The van der Waals surface area contributed by atoms with Gasteiger partial charge in [0.15, 0.2) is 0 Å². The lowest BCUT2D eigenvalue weighted by molar-refractivity contribution is -0.385. The Morgan fingerprint density at radius 2 is 1.88 bits per heavy atom. The molecule has 1 aromatic carbocycles. The van der Waals surface area contributed by atoms with E-state index in [1.807, 2.05) is 18.3 Å². The second-order valence-corrected chi connectivity index (χ2v) is 6.08. The molecule has 1 saturated heterocycles. The maximum absolute atomic E-state index is 12.5. The average molecular weight is 340 g/mol. The first-order valence-electron chi connectivity index (χ1n) is 8.25. The Hall–Kier alpha value is -2.80. The van der Waals surface area contributed by atoms with Crippen LogP contribution >= 0.6 is 0 Å². The smallest absolute Gasteiger partial charge is 0.273 e. The van der Waals surface area contributed by atoms with E-state index in [0.29, 0.717) is 18.7 Å². The van der Waals surface area contributed by atoms with E-state index in [0.717, 1.165) is 25.2 Å². The Balaban J connectivity index is 1.54. The first kappa shape index (κ1) is 17.0. The highest BCUT2D eigenvalue weighted by Gasteiger charge is 2.23. The molecule has 7 nitrogen and oxygen atoms in total. The van der Waals surface area contributed by atoms with Crippen LogP contribution in [-0.4, -0.2) is 51.8 Å². The van der Waals surface area contributed by atoms with Crippen molar-refractivity contribution < 1.29 is 9.72 Å². The van der Waals surface area contributed by atoms with Crippen LogP contribution in [0.2, 0.25) is 0 Å². The summed E-state index contributed by atoms with van der Waals surface area (Å²) in [4.78, 5) is 31.3. The Morgan fingerprint density at radius 1 is 1.12 bits per heavy atom. The van der Waals surface area contributed by atoms with Crippen molar-refractivity contribution in [3.8, 4) is 0 Å². The molecule has 0 saturated carbocycles. The second-order valence-electron chi connectivity index (χ2n) is 6.08. The van der Waals surface area contributed by atoms with Crippen LogP contribution in [0.25, 0.3) is 0 Å². The minimum Gasteiger partial charge on any atom is -0.340 e. The molecule has 1 aliphatic heterocycles. The van der Waals surface area contributed by atoms with Crippen molar-refractivity contribution in [2.75, 3.05) is 26.2 Å². The molecule has 0 bridgehead atoms. The molecule has 0 unspecified atom stereocenters. The lowest BCUT2D eigenvalue weighted by Crippen LogP contribution is -2.48. The van der Waals surface area contributed by atoms with Gasteiger partial charge in [-0.2, -0.15) is 0 Å². The number of hydrogen-bond acceptors (Lipinski definition) is 5. The number of piperazine rings is 1. The molecule has 1 fully saturated rings. The molecule has 7 heteroatoms. The van der Waals surface area contributed by atoms with Gasteiger partial charge in [0.05, 0.1) is 11.3 Å². The van der Waals surface area contributed by atoms with Crippen molar-refractivity contribution in [3.63, 3.8) is 0 Å². The first-order valence-corrected chi connectivity index (χ1v) is 8.25. The number of amides is 1. The normalized spacial score (nSPS) is 15.1. The quantitative estimate of drug-likeness (QED) is 0.613. The zero-order valence-corrected chi connectivity index (χ0v) is 13.9. The van der Waals surface area contributed by atoms with Crippen LogP contribution in [-0.2, 0) is 17.8 Å². The minimum atomic E-state index is -0.436. The lowest BCUT2D eigenvalue weighted by Gasteiger charge is -2.34. The van der Waals surface area contributed by atoms with Crippen LogP contribution in [0.15, 0.2) is 48.8 Å². The SMILES string of the molecule is O=C(Cc1ccccc1[N+](=O)[O-])N1CCN(Cc2cccnc2)CC1. The maximum atomic E-state index is 12.5. The van der Waals surface area contributed by atoms with Gasteiger partial charge < -0.3 is 4.90 Å². The van der Waals surface area contributed by atoms with Crippen LogP contribution < -0.4 is 0 Å². The predicted octanol–water partition coefficient (Wildman–Crippen LogP) is 1.88. The van der Waals surface area contributed by atoms with Gasteiger partial charge in [-0.3, -0.25) is 24.8 Å². The molecule has 1 aromatic heterocycles. The summed E-state index contributed by atoms with van der Waals surface area (Å²) in [6.07, 6.45) is 3.68. The summed E-state index contributed by atoms with van der Waals surface area (Å²) in [5, 5.41) is 11.1. The summed E-state index contributed by atoms with van der Waals surface area (Å²) < 4.78 is 0. The molecule has 0 radical (unpaired) electrons. The summed E-state index contributed by atoms with van der Waals surface area (Å²) >= 11 is 0. The van der Waals surface area contributed by atoms with Crippen LogP contribution in [0, 0.1) is 10.1 Å². The second kappa shape index (κ2) is 7.85. The molecular formula is C18H20N4O3. The Morgan fingerprint density at radius 3 is 2.56 bits per heavy atom. The number of nitrogens with zero attached hydrogens (tertiary/aromatic N) is 4. The first-order chi connectivity index (χ1) is 12.1. The van der Waals surface area contributed by atoms with Crippen LogP contribution in [0.3, 0.4) is 0 Å². The monoisotopic (exact) mass is 340 g/mol. The van der Waals surface area contributed by atoms with Crippen LogP contribution in [0.4, 0.5) is 5.69 Å². The number of nitro groups is 1. The van der Waals surface area contributed by atoms with E-state index in [9.17, 15) is 14.9 Å². The van der Waals surface area contributed by atoms with E-state index in [-0.39, 0.29) is 18.0 Å². The van der Waals surface area contributed by atoms with E-state index < -0.39 is 4.92 Å². The highest BCUT2D eigenvalue weighted by molar-refractivity contribution is 5.80. The fraction of sp³-hybridized carbons (Fsp3) is 0.333. The number of para-hydroxylation sites is 1. The summed E-state index contributed by atoms with van der Waals surface area (Å²) in [7, 11) is 0. The molecule has 0 spiro atoms. The maximum Gasteiger partial charge on any atom is 0.273 e. The van der Waals surface area contributed by atoms with Crippen molar-refractivity contribution in [1.29, 1.82) is 0 Å². The van der Waals surface area contributed by atoms with Crippen molar-refractivity contribution in [1.82, 2.24) is 14.8 Å². The Bertz CT molecular complexity index is 743. The van der Waals surface area contributed by atoms with E-state index in [1.165, 1.54) is 6.07 Å². The fourth-order valence-corrected chi connectivity index (χ4v) is 3.02. The van der Waals surface area contributed by atoms with Gasteiger partial charge in [0.2, 0.25) is 5.91 Å². The van der Waals surface area contributed by atoms with Gasteiger partial charge >= 0.3 is 0 Å². The molecule has 25 heavy (non-hydrogen) atoms. The Kier molecular flexibility index (Phi) is 5.35. The van der Waals surface area contributed by atoms with Gasteiger partial charge in [-0.25, -0.2) is 0 Å². The van der Waals surface area contributed by atoms with Crippen molar-refractivity contribution in [3.05, 3.63) is 70.0 Å². The third-order valence-corrected chi connectivity index (χ3v) is 4.38. The van der Waals surface area contributed by atoms with Gasteiger partial charge in [-0.1, -0.05) is 24.3 Å². The van der Waals surface area contributed by atoms with Gasteiger partial charge in [-0.15, -0.1) is 0 Å². The Labute approximate surface area is 146 Å². The molecule has 0 aliphatic carbocycles. The number of hydrogen-bond donors (Lipinski definition) is 0. The van der Waals surface area contributed by atoms with Crippen molar-refractivity contribution >= 4 is 11.6 Å². The molecule has 3 rings (SSSR count). The number of carbonyl (C=O) groups is 1. The average Bonchev–Trinajstić information content (AvgIpc) is 2.63. The molecule has 2 aromatic rings. The molecule has 2 heterocycles. The van der Waals surface area contributed by atoms with Crippen molar-refractivity contribution in [2.24, 2.45) is 0 Å². The zero-order valence-electron chi connectivity index (χ0n) is 13.9. The number of pyridine rings is 1. The number of carbonyl (C=O) groups excluding carboxylic acids is 1. The zero-order chi connectivity index (χ0) is 17.6. The van der Waals surface area contributed by atoms with E-state index in [1.54, 1.807) is 29.3 Å². The minimum absolute atomic E-state index is 0.00561. The van der Waals surface area contributed by atoms with Gasteiger partial charge in [0.1, 0.15) is 0 Å². The third-order valence-electron chi connectivity index (χ3n) is 4.38. The largest absolute Gasteiger partial charge is 0.340 e. The van der Waals surface area contributed by atoms with Gasteiger partial charge in [0, 0.05) is 56.7 Å². The molecular weight excluding hydrogens is 320 g/mol. The highest BCUT2D eigenvalue weighted by atomic mass is 16.6. The van der Waals surface area contributed by atoms with E-state index in [4.69, 9.17) is 0 Å². The highest BCUT2D eigenvalue weighted by Crippen LogP contribution is 2.19. The number of rotatable bonds is 5. The van der Waals surface area contributed by atoms with Gasteiger partial charge in [0.25, 0.3) is 5.69 Å². The molecule has 0 N–H and O–H groups in total. The third kappa shape index (κ3) is 4.39. The number of aromatic nitrogens is 1. The summed E-state index contributed by atoms with van der Waals surface area (Å²) in [5.41, 5.74) is 1.63. The number of nitro benzene ring substituents is 1. The lowest BCUT2D eigenvalue weighted by atomic mass is 10.1. The molecule has 0 atom stereocenters. The summed E-state index contributed by atoms with van der Waals surface area (Å²) in [5.74, 6) is -0.0599. The molecule has 130 valence electrons. The molecule has 1 aliphatic rings. The molecule has 1 amide bonds. The number of benzene rings is 1. The summed E-state index contributed by atoms with van der Waals surface area (Å²) in [6, 6.07) is 10.4. The van der Waals surface area contributed by atoms with E-state index >= 15 is 0 Å². The standard InChI is InChI=1S/C18H20N4O3/c23-18(12-16-5-1-2-6-17(16)22(24)25)21-10-8-20(9-11-21)14-15-4-3-7-19-13-15/h1-7,13H,8-12,14H2. The van der Waals surface area contributed by atoms with Crippen LogP contribution in [0.1, 0.15) is 11.1 Å². The fourth-order valence-electron chi connectivity index (χ4n) is 3.02. The summed E-state index contributed by atoms with van der Waals surface area (Å²) in [6.45, 7) is 3.68. The van der Waals surface area contributed by atoms with E-state index in [2.05, 4.69) is 9.88 Å². The van der Waals surface area contributed by atoms with Gasteiger partial charge in [-0.05, 0) is 11.6 Å².